The average molecular weight is 292 g/mol. The van der Waals surface area contributed by atoms with Crippen LogP contribution in [0.15, 0.2) is 18.3 Å². The first-order valence-corrected chi connectivity index (χ1v) is 5.70. The SMILES string of the molecule is Cc1cc(NC(=O)CC2CCCN2)ccn1.Cl.Cl. The van der Waals surface area contributed by atoms with Crippen LogP contribution in [0.25, 0.3) is 0 Å². The lowest BCUT2D eigenvalue weighted by molar-refractivity contribution is -0.116. The minimum atomic E-state index is 0. The molecular weight excluding hydrogens is 273 g/mol. The summed E-state index contributed by atoms with van der Waals surface area (Å²) in [5.41, 5.74) is 1.74. The Balaban J connectivity index is 0.00000144. The van der Waals surface area contributed by atoms with E-state index in [4.69, 9.17) is 0 Å². The quantitative estimate of drug-likeness (QED) is 0.899. The Hall–Kier alpha value is -0.840. The van der Waals surface area contributed by atoms with Crippen molar-refractivity contribution in [1.29, 1.82) is 0 Å². The molecule has 2 heterocycles. The first kappa shape index (κ1) is 17.2. The van der Waals surface area contributed by atoms with Gasteiger partial charge in [0.25, 0.3) is 0 Å². The molecule has 1 aromatic rings. The van der Waals surface area contributed by atoms with Gasteiger partial charge in [-0.05, 0) is 38.4 Å². The van der Waals surface area contributed by atoms with Crippen LogP contribution in [0.5, 0.6) is 0 Å². The van der Waals surface area contributed by atoms with Crippen LogP contribution < -0.4 is 10.6 Å². The molecule has 1 aliphatic rings. The number of aryl methyl sites for hydroxylation is 1. The van der Waals surface area contributed by atoms with E-state index in [1.807, 2.05) is 19.1 Å². The van der Waals surface area contributed by atoms with E-state index < -0.39 is 0 Å². The molecule has 2 N–H and O–H groups in total. The fourth-order valence-electron chi connectivity index (χ4n) is 1.99. The first-order chi connectivity index (χ1) is 7.74. The second-order valence-electron chi connectivity index (χ2n) is 4.23. The number of carbonyl (C=O) groups excluding carboxylic acids is 1. The average Bonchev–Trinajstić information content (AvgIpc) is 2.70. The van der Waals surface area contributed by atoms with E-state index >= 15 is 0 Å². The fourth-order valence-corrected chi connectivity index (χ4v) is 1.99. The second-order valence-corrected chi connectivity index (χ2v) is 4.23. The topological polar surface area (TPSA) is 54.0 Å². The van der Waals surface area contributed by atoms with Gasteiger partial charge < -0.3 is 10.6 Å². The molecule has 0 spiro atoms. The molecule has 1 atom stereocenters. The van der Waals surface area contributed by atoms with Crippen molar-refractivity contribution in [3.05, 3.63) is 24.0 Å². The normalized spacial score (nSPS) is 17.5. The zero-order valence-corrected chi connectivity index (χ0v) is 11.9. The molecular formula is C12H19Cl2N3O. The molecule has 102 valence electrons. The highest BCUT2D eigenvalue weighted by Gasteiger charge is 2.17. The Labute approximate surface area is 120 Å². The molecule has 0 bridgehead atoms. The van der Waals surface area contributed by atoms with Gasteiger partial charge in [-0.15, -0.1) is 24.8 Å². The van der Waals surface area contributed by atoms with Gasteiger partial charge >= 0.3 is 0 Å². The predicted molar refractivity (Wildman–Crippen MR) is 77.7 cm³/mol. The second kappa shape index (κ2) is 8.29. The third-order valence-corrected chi connectivity index (χ3v) is 2.77. The molecule has 0 aromatic carbocycles. The Kier molecular flexibility index (Phi) is 7.91. The van der Waals surface area contributed by atoms with Crippen LogP contribution in [0, 0.1) is 6.92 Å². The van der Waals surface area contributed by atoms with Crippen LogP contribution in [0.3, 0.4) is 0 Å². The van der Waals surface area contributed by atoms with Gasteiger partial charge in [-0.2, -0.15) is 0 Å². The maximum atomic E-state index is 11.7. The van der Waals surface area contributed by atoms with Gasteiger partial charge in [0, 0.05) is 30.0 Å². The first-order valence-electron chi connectivity index (χ1n) is 5.70. The number of anilines is 1. The van der Waals surface area contributed by atoms with Gasteiger partial charge in [-0.1, -0.05) is 0 Å². The summed E-state index contributed by atoms with van der Waals surface area (Å²) < 4.78 is 0. The number of pyridine rings is 1. The summed E-state index contributed by atoms with van der Waals surface area (Å²) in [5, 5.41) is 6.20. The van der Waals surface area contributed by atoms with Gasteiger partial charge in [-0.3, -0.25) is 9.78 Å². The van der Waals surface area contributed by atoms with Crippen LogP contribution in [-0.2, 0) is 4.79 Å². The maximum Gasteiger partial charge on any atom is 0.225 e. The monoisotopic (exact) mass is 291 g/mol. The Morgan fingerprint density at radius 3 is 2.94 bits per heavy atom. The highest BCUT2D eigenvalue weighted by molar-refractivity contribution is 5.91. The van der Waals surface area contributed by atoms with Crippen molar-refractivity contribution in [1.82, 2.24) is 10.3 Å². The maximum absolute atomic E-state index is 11.7. The third-order valence-electron chi connectivity index (χ3n) is 2.77. The standard InChI is InChI=1S/C12H17N3O.2ClH/c1-9-7-11(4-6-13-9)15-12(16)8-10-3-2-5-14-10;;/h4,6-7,10,14H,2-3,5,8H2,1H3,(H,13,15,16);2*1H. The molecule has 18 heavy (non-hydrogen) atoms. The molecule has 1 aromatic heterocycles. The summed E-state index contributed by atoms with van der Waals surface area (Å²) >= 11 is 0. The predicted octanol–water partition coefficient (Wildman–Crippen LogP) is 2.31. The summed E-state index contributed by atoms with van der Waals surface area (Å²) in [5.74, 6) is 0.0741. The van der Waals surface area contributed by atoms with E-state index in [1.54, 1.807) is 6.20 Å². The number of rotatable bonds is 3. The Bertz CT molecular complexity index is 381. The van der Waals surface area contributed by atoms with Crippen LogP contribution in [-0.4, -0.2) is 23.5 Å². The molecule has 0 aliphatic carbocycles. The zero-order valence-electron chi connectivity index (χ0n) is 10.3. The van der Waals surface area contributed by atoms with E-state index in [1.165, 1.54) is 6.42 Å². The molecule has 1 aliphatic heterocycles. The van der Waals surface area contributed by atoms with Crippen molar-refractivity contribution in [2.45, 2.75) is 32.2 Å². The van der Waals surface area contributed by atoms with Crippen molar-refractivity contribution in [3.8, 4) is 0 Å². The lowest BCUT2D eigenvalue weighted by Gasteiger charge is -2.10. The van der Waals surface area contributed by atoms with Gasteiger partial charge in [0.15, 0.2) is 0 Å². The number of nitrogens with one attached hydrogen (secondary N) is 2. The lowest BCUT2D eigenvalue weighted by atomic mass is 10.1. The molecule has 2 rings (SSSR count). The summed E-state index contributed by atoms with van der Waals surface area (Å²) in [6.45, 7) is 2.94. The molecule has 1 amide bonds. The van der Waals surface area contributed by atoms with Crippen molar-refractivity contribution >= 4 is 36.4 Å². The van der Waals surface area contributed by atoms with Gasteiger partial charge in [0.2, 0.25) is 5.91 Å². The molecule has 6 heteroatoms. The van der Waals surface area contributed by atoms with Crippen molar-refractivity contribution in [2.24, 2.45) is 0 Å². The minimum Gasteiger partial charge on any atom is -0.326 e. The largest absolute Gasteiger partial charge is 0.326 e. The fraction of sp³-hybridized carbons (Fsp3) is 0.500. The molecule has 0 radical (unpaired) electrons. The van der Waals surface area contributed by atoms with Crippen LogP contribution in [0.4, 0.5) is 5.69 Å². The number of amides is 1. The molecule has 1 unspecified atom stereocenters. The van der Waals surface area contributed by atoms with Crippen LogP contribution in [0.1, 0.15) is 25.0 Å². The number of halogens is 2. The van der Waals surface area contributed by atoms with Crippen molar-refractivity contribution in [2.75, 3.05) is 11.9 Å². The minimum absolute atomic E-state index is 0. The third kappa shape index (κ3) is 5.21. The van der Waals surface area contributed by atoms with E-state index in [9.17, 15) is 4.79 Å². The summed E-state index contributed by atoms with van der Waals surface area (Å²) in [4.78, 5) is 15.8. The van der Waals surface area contributed by atoms with Crippen LogP contribution >= 0.6 is 24.8 Å². The summed E-state index contributed by atoms with van der Waals surface area (Å²) in [6, 6.07) is 4.04. The lowest BCUT2D eigenvalue weighted by Crippen LogP contribution is -2.27. The summed E-state index contributed by atoms with van der Waals surface area (Å²) in [7, 11) is 0. The smallest absolute Gasteiger partial charge is 0.225 e. The number of carbonyl (C=O) groups is 1. The van der Waals surface area contributed by atoms with Crippen molar-refractivity contribution < 1.29 is 4.79 Å². The Morgan fingerprint density at radius 2 is 2.33 bits per heavy atom. The Morgan fingerprint density at radius 1 is 1.56 bits per heavy atom. The number of nitrogens with zero attached hydrogens (tertiary/aromatic N) is 1. The van der Waals surface area contributed by atoms with Crippen LogP contribution in [0.2, 0.25) is 0 Å². The highest BCUT2D eigenvalue weighted by atomic mass is 35.5. The van der Waals surface area contributed by atoms with Gasteiger partial charge in [0.1, 0.15) is 0 Å². The van der Waals surface area contributed by atoms with E-state index in [2.05, 4.69) is 15.6 Å². The number of aromatic nitrogens is 1. The molecule has 1 fully saturated rings. The van der Waals surface area contributed by atoms with Gasteiger partial charge in [-0.25, -0.2) is 0 Å². The van der Waals surface area contributed by atoms with E-state index in [-0.39, 0.29) is 30.7 Å². The number of hydrogen-bond acceptors (Lipinski definition) is 3. The van der Waals surface area contributed by atoms with E-state index in [0.29, 0.717) is 12.5 Å². The summed E-state index contributed by atoms with van der Waals surface area (Å²) in [6.07, 6.45) is 4.54. The molecule has 0 saturated carbocycles. The zero-order chi connectivity index (χ0) is 11.4. The molecule has 4 nitrogen and oxygen atoms in total. The number of hydrogen-bond donors (Lipinski definition) is 2. The van der Waals surface area contributed by atoms with E-state index in [0.717, 1.165) is 24.3 Å². The van der Waals surface area contributed by atoms with Crippen molar-refractivity contribution in [3.63, 3.8) is 0 Å². The molecule has 1 saturated heterocycles. The highest BCUT2D eigenvalue weighted by Crippen LogP contribution is 2.11. The van der Waals surface area contributed by atoms with Gasteiger partial charge in [0.05, 0.1) is 0 Å².